The van der Waals surface area contributed by atoms with E-state index in [4.69, 9.17) is 4.74 Å². The number of ether oxygens (including phenoxy) is 1. The van der Waals surface area contributed by atoms with Crippen LogP contribution in [-0.2, 0) is 4.74 Å². The van der Waals surface area contributed by atoms with E-state index in [1.54, 1.807) is 11.3 Å². The summed E-state index contributed by atoms with van der Waals surface area (Å²) in [7, 11) is 0. The smallest absolute Gasteiger partial charge is 0.104 e. The number of nitrogens with one attached hydrogen (secondary N) is 1. The zero-order valence-corrected chi connectivity index (χ0v) is 11.1. The Bertz CT molecular complexity index is 375. The van der Waals surface area contributed by atoms with Gasteiger partial charge in [-0.3, -0.25) is 0 Å². The predicted octanol–water partition coefficient (Wildman–Crippen LogP) is 2.67. The van der Waals surface area contributed by atoms with E-state index in [-0.39, 0.29) is 6.10 Å². The van der Waals surface area contributed by atoms with E-state index in [2.05, 4.69) is 22.6 Å². The van der Waals surface area contributed by atoms with Crippen molar-refractivity contribution in [3.8, 4) is 0 Å². The van der Waals surface area contributed by atoms with Gasteiger partial charge in [0.1, 0.15) is 6.10 Å². The van der Waals surface area contributed by atoms with Gasteiger partial charge < -0.3 is 10.1 Å². The Hall–Kier alpha value is -0.450. The lowest BCUT2D eigenvalue weighted by atomic mass is 9.92. The average Bonchev–Trinajstić information content (AvgIpc) is 3.08. The monoisotopic (exact) mass is 252 g/mol. The summed E-state index contributed by atoms with van der Waals surface area (Å²) in [4.78, 5) is 4.59. The molecule has 0 bridgehead atoms. The van der Waals surface area contributed by atoms with Gasteiger partial charge in [0, 0.05) is 30.5 Å². The van der Waals surface area contributed by atoms with Gasteiger partial charge in [-0.1, -0.05) is 0 Å². The molecule has 1 aromatic heterocycles. The normalized spacial score (nSPS) is 29.5. The van der Waals surface area contributed by atoms with E-state index in [0.29, 0.717) is 5.92 Å². The molecule has 2 heterocycles. The molecule has 2 atom stereocenters. The van der Waals surface area contributed by atoms with E-state index >= 15 is 0 Å². The predicted molar refractivity (Wildman–Crippen MR) is 69.3 cm³/mol. The maximum atomic E-state index is 5.95. The standard InChI is InChI=1S/C13H20N2OS/c1-9-15-12(8-17-9)13-10(3-2-6-16-13)7-14-11-4-5-11/h8,10-11,13-14H,2-7H2,1H3. The molecule has 1 aliphatic heterocycles. The summed E-state index contributed by atoms with van der Waals surface area (Å²) >= 11 is 1.73. The summed E-state index contributed by atoms with van der Waals surface area (Å²) in [6.45, 7) is 4.04. The van der Waals surface area contributed by atoms with E-state index < -0.39 is 0 Å². The Morgan fingerprint density at radius 1 is 1.47 bits per heavy atom. The molecular weight excluding hydrogens is 232 g/mol. The molecule has 1 aliphatic carbocycles. The Balaban J connectivity index is 1.65. The number of thiazole rings is 1. The van der Waals surface area contributed by atoms with Gasteiger partial charge in [-0.05, 0) is 32.6 Å². The quantitative estimate of drug-likeness (QED) is 0.894. The van der Waals surface area contributed by atoms with Crippen LogP contribution >= 0.6 is 11.3 Å². The second kappa shape index (κ2) is 5.04. The summed E-state index contributed by atoms with van der Waals surface area (Å²) in [5.74, 6) is 0.603. The number of nitrogens with zero attached hydrogens (tertiary/aromatic N) is 1. The Kier molecular flexibility index (Phi) is 3.45. The average molecular weight is 252 g/mol. The van der Waals surface area contributed by atoms with Crippen molar-refractivity contribution < 1.29 is 4.74 Å². The minimum absolute atomic E-state index is 0.222. The van der Waals surface area contributed by atoms with Crippen LogP contribution < -0.4 is 5.32 Å². The number of aromatic nitrogens is 1. The van der Waals surface area contributed by atoms with Gasteiger partial charge in [0.05, 0.1) is 10.7 Å². The highest BCUT2D eigenvalue weighted by Gasteiger charge is 2.30. The fourth-order valence-electron chi connectivity index (χ4n) is 2.50. The molecule has 4 heteroatoms. The Morgan fingerprint density at radius 2 is 2.35 bits per heavy atom. The molecule has 17 heavy (non-hydrogen) atoms. The molecule has 3 rings (SSSR count). The van der Waals surface area contributed by atoms with Gasteiger partial charge in [0.2, 0.25) is 0 Å². The van der Waals surface area contributed by atoms with Crippen LogP contribution in [0.3, 0.4) is 0 Å². The Labute approximate surface area is 107 Å². The van der Waals surface area contributed by atoms with Crippen molar-refractivity contribution in [1.82, 2.24) is 10.3 Å². The highest BCUT2D eigenvalue weighted by molar-refractivity contribution is 7.09. The summed E-state index contributed by atoms with van der Waals surface area (Å²) in [5.41, 5.74) is 1.15. The zero-order valence-electron chi connectivity index (χ0n) is 10.3. The van der Waals surface area contributed by atoms with Crippen LogP contribution in [-0.4, -0.2) is 24.2 Å². The first-order valence-corrected chi connectivity index (χ1v) is 7.48. The molecule has 2 fully saturated rings. The van der Waals surface area contributed by atoms with Gasteiger partial charge in [-0.25, -0.2) is 4.98 Å². The fourth-order valence-corrected chi connectivity index (χ4v) is 3.13. The second-order valence-electron chi connectivity index (χ2n) is 5.17. The third kappa shape index (κ3) is 2.87. The molecule has 1 aromatic rings. The van der Waals surface area contributed by atoms with Gasteiger partial charge >= 0.3 is 0 Å². The minimum Gasteiger partial charge on any atom is -0.372 e. The topological polar surface area (TPSA) is 34.1 Å². The third-order valence-corrected chi connectivity index (χ3v) is 4.41. The molecule has 3 nitrogen and oxygen atoms in total. The summed E-state index contributed by atoms with van der Waals surface area (Å²) in [6, 6.07) is 0.787. The maximum Gasteiger partial charge on any atom is 0.104 e. The van der Waals surface area contributed by atoms with Crippen molar-refractivity contribution in [2.24, 2.45) is 5.92 Å². The molecule has 0 aromatic carbocycles. The molecule has 0 amide bonds. The van der Waals surface area contributed by atoms with Gasteiger partial charge in [0.15, 0.2) is 0 Å². The van der Waals surface area contributed by atoms with Crippen molar-refractivity contribution in [1.29, 1.82) is 0 Å². The first-order valence-electron chi connectivity index (χ1n) is 6.60. The van der Waals surface area contributed by atoms with E-state index in [9.17, 15) is 0 Å². The maximum absolute atomic E-state index is 5.95. The summed E-state index contributed by atoms with van der Waals surface area (Å²) < 4.78 is 5.95. The zero-order chi connectivity index (χ0) is 11.7. The van der Waals surface area contributed by atoms with Gasteiger partial charge in [0.25, 0.3) is 0 Å². The van der Waals surface area contributed by atoms with Crippen molar-refractivity contribution >= 4 is 11.3 Å². The lowest BCUT2D eigenvalue weighted by Gasteiger charge is -2.31. The molecule has 2 aliphatic rings. The summed E-state index contributed by atoms with van der Waals surface area (Å²) in [6.07, 6.45) is 5.39. The number of aryl methyl sites for hydroxylation is 1. The highest BCUT2D eigenvalue weighted by Crippen LogP contribution is 2.34. The van der Waals surface area contributed by atoms with E-state index in [0.717, 1.165) is 29.9 Å². The van der Waals surface area contributed by atoms with Crippen molar-refractivity contribution in [2.75, 3.05) is 13.2 Å². The van der Waals surface area contributed by atoms with Crippen LogP contribution in [0.4, 0.5) is 0 Å². The van der Waals surface area contributed by atoms with Gasteiger partial charge in [-0.2, -0.15) is 0 Å². The van der Waals surface area contributed by atoms with Crippen molar-refractivity contribution in [3.63, 3.8) is 0 Å². The first kappa shape index (κ1) is 11.6. The minimum atomic E-state index is 0.222. The number of rotatable bonds is 4. The SMILES string of the molecule is Cc1nc(C2OCCCC2CNC2CC2)cs1. The van der Waals surface area contributed by atoms with Crippen LogP contribution in [0.1, 0.15) is 42.5 Å². The molecule has 0 spiro atoms. The highest BCUT2D eigenvalue weighted by atomic mass is 32.1. The molecule has 94 valence electrons. The first-order chi connectivity index (χ1) is 8.33. The lowest BCUT2D eigenvalue weighted by Crippen LogP contribution is -2.33. The van der Waals surface area contributed by atoms with Crippen LogP contribution in [0.5, 0.6) is 0 Å². The van der Waals surface area contributed by atoms with Crippen LogP contribution in [0, 0.1) is 12.8 Å². The second-order valence-corrected chi connectivity index (χ2v) is 6.23. The van der Waals surface area contributed by atoms with E-state index in [1.807, 2.05) is 0 Å². The molecule has 1 N–H and O–H groups in total. The van der Waals surface area contributed by atoms with E-state index in [1.165, 1.54) is 25.7 Å². The molecule has 2 unspecified atom stereocenters. The van der Waals surface area contributed by atoms with Crippen LogP contribution in [0.2, 0.25) is 0 Å². The van der Waals surface area contributed by atoms with Crippen molar-refractivity contribution in [3.05, 3.63) is 16.1 Å². The fraction of sp³-hybridized carbons (Fsp3) is 0.769. The molecule has 1 saturated carbocycles. The molecule has 1 saturated heterocycles. The largest absolute Gasteiger partial charge is 0.372 e. The third-order valence-electron chi connectivity index (χ3n) is 3.62. The number of hydrogen-bond donors (Lipinski definition) is 1. The lowest BCUT2D eigenvalue weighted by molar-refractivity contribution is -0.0300. The molecular formula is C13H20N2OS. The van der Waals surface area contributed by atoms with Crippen LogP contribution in [0.25, 0.3) is 0 Å². The summed E-state index contributed by atoms with van der Waals surface area (Å²) in [5, 5.41) is 6.93. The van der Waals surface area contributed by atoms with Gasteiger partial charge in [-0.15, -0.1) is 11.3 Å². The molecule has 0 radical (unpaired) electrons. The number of hydrogen-bond acceptors (Lipinski definition) is 4. The Morgan fingerprint density at radius 3 is 3.06 bits per heavy atom. The van der Waals surface area contributed by atoms with Crippen LogP contribution in [0.15, 0.2) is 5.38 Å². The van der Waals surface area contributed by atoms with Crippen molar-refractivity contribution in [2.45, 2.75) is 44.8 Å².